The molecule has 3 amide bonds. The quantitative estimate of drug-likeness (QED) is 0.472. The third-order valence-electron chi connectivity index (χ3n) is 9.00. The van der Waals surface area contributed by atoms with Gasteiger partial charge in [0.15, 0.2) is 0 Å². The average Bonchev–Trinajstić information content (AvgIpc) is 3.42. The highest BCUT2D eigenvalue weighted by molar-refractivity contribution is 5.91. The Bertz CT molecular complexity index is 1170. The number of anilines is 1. The fraction of sp³-hybridized carbons (Fsp3) is 0.545. The number of hydrogen-bond acceptors (Lipinski definition) is 4. The molecular formula is C33H44N4O3. The second-order valence-electron chi connectivity index (χ2n) is 11.7. The molecule has 1 heterocycles. The number of nitrogens with one attached hydrogen (secondary N) is 2. The summed E-state index contributed by atoms with van der Waals surface area (Å²) in [6.45, 7) is 4.83. The smallest absolute Gasteiger partial charge is 0.245 e. The maximum Gasteiger partial charge on any atom is 0.245 e. The highest BCUT2D eigenvalue weighted by Crippen LogP contribution is 2.36. The second kappa shape index (κ2) is 13.4. The molecule has 214 valence electrons. The maximum atomic E-state index is 13.6. The number of benzene rings is 2. The van der Waals surface area contributed by atoms with Gasteiger partial charge in [-0.25, -0.2) is 0 Å². The number of hydrogen-bond donors (Lipinski definition) is 2. The fourth-order valence-corrected chi connectivity index (χ4v) is 6.71. The highest BCUT2D eigenvalue weighted by Gasteiger charge is 2.33. The average molecular weight is 545 g/mol. The number of aryl methyl sites for hydroxylation is 1. The Morgan fingerprint density at radius 3 is 2.33 bits per heavy atom. The Kier molecular flexibility index (Phi) is 9.53. The van der Waals surface area contributed by atoms with Gasteiger partial charge >= 0.3 is 0 Å². The van der Waals surface area contributed by atoms with E-state index < -0.39 is 6.04 Å². The Balaban J connectivity index is 1.16. The molecule has 5 rings (SSSR count). The van der Waals surface area contributed by atoms with Gasteiger partial charge < -0.3 is 15.5 Å². The standard InChI is InChI=1S/C33H44N4O3/c1-2-31(38)35-29(22-25-12-15-27(16-13-25)34-32(39)23-24-8-4-3-5-9-24)33(40)37-20-18-36(19-21-37)30-17-14-26-10-6-7-11-28(26)30/h6-7,10-13,15-16,24,29-30H,2-5,8-9,14,17-23H2,1H3,(H,34,39)(H,35,38). The van der Waals surface area contributed by atoms with Gasteiger partial charge in [0.1, 0.15) is 6.04 Å². The molecule has 0 bridgehead atoms. The maximum absolute atomic E-state index is 13.6. The molecule has 0 radical (unpaired) electrons. The number of piperazine rings is 1. The zero-order chi connectivity index (χ0) is 27.9. The minimum Gasteiger partial charge on any atom is -0.344 e. The number of nitrogens with zero attached hydrogens (tertiary/aromatic N) is 2. The summed E-state index contributed by atoms with van der Waals surface area (Å²) in [4.78, 5) is 42.9. The van der Waals surface area contributed by atoms with Crippen LogP contribution in [-0.4, -0.2) is 59.7 Å². The van der Waals surface area contributed by atoms with Gasteiger partial charge in [-0.15, -0.1) is 0 Å². The summed E-state index contributed by atoms with van der Waals surface area (Å²) < 4.78 is 0. The van der Waals surface area contributed by atoms with E-state index in [9.17, 15) is 14.4 Å². The van der Waals surface area contributed by atoms with Crippen LogP contribution in [0.15, 0.2) is 48.5 Å². The molecule has 7 nitrogen and oxygen atoms in total. The van der Waals surface area contributed by atoms with Gasteiger partial charge in [0.2, 0.25) is 17.7 Å². The van der Waals surface area contributed by atoms with Gasteiger partial charge in [0.05, 0.1) is 0 Å². The first kappa shape index (κ1) is 28.3. The van der Waals surface area contributed by atoms with E-state index >= 15 is 0 Å². The van der Waals surface area contributed by atoms with Crippen LogP contribution in [0.1, 0.15) is 81.0 Å². The highest BCUT2D eigenvalue weighted by atomic mass is 16.2. The summed E-state index contributed by atoms with van der Waals surface area (Å²) in [5.41, 5.74) is 4.61. The third-order valence-corrected chi connectivity index (χ3v) is 9.00. The minimum atomic E-state index is -0.599. The van der Waals surface area contributed by atoms with Crippen molar-refractivity contribution in [3.05, 3.63) is 65.2 Å². The number of fused-ring (bicyclic) bond motifs is 1. The minimum absolute atomic E-state index is 0.0156. The summed E-state index contributed by atoms with van der Waals surface area (Å²) in [5, 5.41) is 6.00. The normalized spacial score (nSPS) is 20.5. The van der Waals surface area contributed by atoms with E-state index in [0.29, 0.717) is 44.3 Å². The predicted octanol–water partition coefficient (Wildman–Crippen LogP) is 4.86. The van der Waals surface area contributed by atoms with Gasteiger partial charge in [-0.1, -0.05) is 62.6 Å². The van der Waals surface area contributed by atoms with Crippen LogP contribution in [0.3, 0.4) is 0 Å². The van der Waals surface area contributed by atoms with Crippen LogP contribution in [0.5, 0.6) is 0 Å². The lowest BCUT2D eigenvalue weighted by molar-refractivity contribution is -0.138. The van der Waals surface area contributed by atoms with Gasteiger partial charge in [0.25, 0.3) is 0 Å². The first-order valence-corrected chi connectivity index (χ1v) is 15.3. The van der Waals surface area contributed by atoms with E-state index in [1.54, 1.807) is 6.92 Å². The van der Waals surface area contributed by atoms with Gasteiger partial charge in [-0.2, -0.15) is 0 Å². The Labute approximate surface area is 238 Å². The van der Waals surface area contributed by atoms with Crippen LogP contribution in [0, 0.1) is 5.92 Å². The van der Waals surface area contributed by atoms with E-state index in [4.69, 9.17) is 0 Å². The predicted molar refractivity (Wildman–Crippen MR) is 158 cm³/mol. The molecule has 1 saturated heterocycles. The molecule has 2 unspecified atom stereocenters. The van der Waals surface area contributed by atoms with Gasteiger partial charge in [-0.05, 0) is 60.4 Å². The van der Waals surface area contributed by atoms with Crippen LogP contribution in [-0.2, 0) is 27.2 Å². The van der Waals surface area contributed by atoms with E-state index in [-0.39, 0.29) is 17.7 Å². The molecule has 0 aromatic heterocycles. The summed E-state index contributed by atoms with van der Waals surface area (Å²) in [6, 6.07) is 16.2. The third kappa shape index (κ3) is 7.11. The molecule has 0 spiro atoms. The summed E-state index contributed by atoms with van der Waals surface area (Å²) in [7, 11) is 0. The van der Waals surface area contributed by atoms with Crippen LogP contribution in [0.4, 0.5) is 5.69 Å². The van der Waals surface area contributed by atoms with Crippen molar-refractivity contribution in [1.82, 2.24) is 15.1 Å². The number of carbonyl (C=O) groups is 3. The van der Waals surface area contributed by atoms with Gasteiger partial charge in [-0.3, -0.25) is 19.3 Å². The fourth-order valence-electron chi connectivity index (χ4n) is 6.71. The molecule has 1 saturated carbocycles. The monoisotopic (exact) mass is 544 g/mol. The number of rotatable bonds is 9. The lowest BCUT2D eigenvalue weighted by Crippen LogP contribution is -2.55. The largest absolute Gasteiger partial charge is 0.344 e. The Hall–Kier alpha value is -3.19. The molecule has 2 N–H and O–H groups in total. The van der Waals surface area contributed by atoms with E-state index in [2.05, 4.69) is 39.8 Å². The molecule has 2 atom stereocenters. The molecule has 1 aliphatic heterocycles. The van der Waals surface area contributed by atoms with Crippen LogP contribution in [0.2, 0.25) is 0 Å². The summed E-state index contributed by atoms with van der Waals surface area (Å²) in [5.74, 6) is 0.435. The molecule has 40 heavy (non-hydrogen) atoms. The van der Waals surface area contributed by atoms with E-state index in [1.807, 2.05) is 29.2 Å². The van der Waals surface area contributed by atoms with Gasteiger partial charge in [0, 0.05) is 57.2 Å². The number of carbonyl (C=O) groups excluding carboxylic acids is 3. The zero-order valence-electron chi connectivity index (χ0n) is 23.9. The lowest BCUT2D eigenvalue weighted by atomic mass is 9.87. The van der Waals surface area contributed by atoms with Crippen LogP contribution < -0.4 is 10.6 Å². The molecule has 2 aromatic rings. The van der Waals surface area contributed by atoms with Crippen molar-refractivity contribution in [3.63, 3.8) is 0 Å². The van der Waals surface area contributed by atoms with Crippen LogP contribution in [0.25, 0.3) is 0 Å². The van der Waals surface area contributed by atoms with Crippen molar-refractivity contribution >= 4 is 23.4 Å². The van der Waals surface area contributed by atoms with Crippen molar-refractivity contribution in [1.29, 1.82) is 0 Å². The van der Waals surface area contributed by atoms with Crippen molar-refractivity contribution in [2.45, 2.75) is 83.2 Å². The Morgan fingerprint density at radius 2 is 1.60 bits per heavy atom. The SMILES string of the molecule is CCC(=O)NC(Cc1ccc(NC(=O)CC2CCCCC2)cc1)C(=O)N1CCN(C2CCc3ccccc32)CC1. The Morgan fingerprint density at radius 1 is 0.875 bits per heavy atom. The molecule has 2 fully saturated rings. The van der Waals surface area contributed by atoms with Crippen molar-refractivity contribution in [3.8, 4) is 0 Å². The molecule has 7 heteroatoms. The molecule has 2 aromatic carbocycles. The summed E-state index contributed by atoms with van der Waals surface area (Å²) >= 11 is 0. The van der Waals surface area contributed by atoms with Crippen molar-refractivity contribution in [2.75, 3.05) is 31.5 Å². The first-order chi connectivity index (χ1) is 19.5. The molecular weight excluding hydrogens is 500 g/mol. The van der Waals surface area contributed by atoms with Crippen molar-refractivity contribution < 1.29 is 14.4 Å². The zero-order valence-corrected chi connectivity index (χ0v) is 23.9. The van der Waals surface area contributed by atoms with Crippen LogP contribution >= 0.6 is 0 Å². The molecule has 2 aliphatic carbocycles. The number of amides is 3. The molecule has 3 aliphatic rings. The lowest BCUT2D eigenvalue weighted by Gasteiger charge is -2.39. The first-order valence-electron chi connectivity index (χ1n) is 15.3. The van der Waals surface area contributed by atoms with E-state index in [1.165, 1.54) is 30.4 Å². The topological polar surface area (TPSA) is 81.8 Å². The van der Waals surface area contributed by atoms with E-state index in [0.717, 1.165) is 50.0 Å². The second-order valence-corrected chi connectivity index (χ2v) is 11.7. The summed E-state index contributed by atoms with van der Waals surface area (Å²) in [6.07, 6.45) is 9.64. The van der Waals surface area contributed by atoms with Crippen molar-refractivity contribution in [2.24, 2.45) is 5.92 Å².